The Balaban J connectivity index is 1.83. The summed E-state index contributed by atoms with van der Waals surface area (Å²) in [5.41, 5.74) is 2.13. The number of nitrogens with zero attached hydrogens (tertiary/aromatic N) is 4. The van der Waals surface area contributed by atoms with E-state index >= 15 is 0 Å². The van der Waals surface area contributed by atoms with E-state index in [1.165, 1.54) is 12.4 Å². The second-order valence-corrected chi connectivity index (χ2v) is 4.80. The topological polar surface area (TPSA) is 55.6 Å². The Morgan fingerprint density at radius 2 is 2.05 bits per heavy atom. The van der Waals surface area contributed by atoms with Crippen LogP contribution in [-0.2, 0) is 6.54 Å². The van der Waals surface area contributed by atoms with Crippen molar-refractivity contribution in [3.8, 4) is 5.69 Å². The van der Waals surface area contributed by atoms with Crippen molar-refractivity contribution in [1.82, 2.24) is 20.2 Å². The SMILES string of the molecule is Fc1cc(Cl)ccc1CNc1ccccc1-n1cnnn1. The van der Waals surface area contributed by atoms with Crippen molar-refractivity contribution >= 4 is 17.3 Å². The highest BCUT2D eigenvalue weighted by atomic mass is 35.5. The van der Waals surface area contributed by atoms with E-state index in [-0.39, 0.29) is 5.82 Å². The van der Waals surface area contributed by atoms with Crippen LogP contribution in [0.5, 0.6) is 0 Å². The second kappa shape index (κ2) is 5.88. The molecular weight excluding hydrogens is 293 g/mol. The number of para-hydroxylation sites is 2. The van der Waals surface area contributed by atoms with E-state index in [1.807, 2.05) is 24.3 Å². The van der Waals surface area contributed by atoms with Gasteiger partial charge >= 0.3 is 0 Å². The molecule has 1 heterocycles. The zero-order valence-electron chi connectivity index (χ0n) is 10.9. The number of rotatable bonds is 4. The molecule has 0 bridgehead atoms. The van der Waals surface area contributed by atoms with Crippen LogP contribution in [0.15, 0.2) is 48.8 Å². The molecule has 0 fully saturated rings. The van der Waals surface area contributed by atoms with Crippen LogP contribution in [-0.4, -0.2) is 20.2 Å². The third-order valence-corrected chi connectivity index (χ3v) is 3.22. The highest BCUT2D eigenvalue weighted by Crippen LogP contribution is 2.21. The van der Waals surface area contributed by atoms with Crippen molar-refractivity contribution in [2.75, 3.05) is 5.32 Å². The lowest BCUT2D eigenvalue weighted by Crippen LogP contribution is -2.06. The van der Waals surface area contributed by atoms with Crippen LogP contribution in [0.2, 0.25) is 5.02 Å². The summed E-state index contributed by atoms with van der Waals surface area (Å²) in [7, 11) is 0. The zero-order valence-corrected chi connectivity index (χ0v) is 11.6. The molecule has 0 radical (unpaired) electrons. The monoisotopic (exact) mass is 303 g/mol. The van der Waals surface area contributed by atoms with E-state index < -0.39 is 0 Å². The van der Waals surface area contributed by atoms with Gasteiger partial charge in [0.1, 0.15) is 12.1 Å². The normalized spacial score (nSPS) is 10.6. The van der Waals surface area contributed by atoms with Gasteiger partial charge in [-0.05, 0) is 34.7 Å². The molecule has 2 aromatic carbocycles. The molecule has 5 nitrogen and oxygen atoms in total. The lowest BCUT2D eigenvalue weighted by molar-refractivity contribution is 0.613. The number of hydrogen-bond donors (Lipinski definition) is 1. The van der Waals surface area contributed by atoms with Crippen LogP contribution in [0.25, 0.3) is 5.69 Å². The number of aromatic nitrogens is 4. The third kappa shape index (κ3) is 3.00. The average molecular weight is 304 g/mol. The summed E-state index contributed by atoms with van der Waals surface area (Å²) in [6.07, 6.45) is 1.50. The number of tetrazole rings is 1. The smallest absolute Gasteiger partial charge is 0.143 e. The number of nitrogens with one attached hydrogen (secondary N) is 1. The lowest BCUT2D eigenvalue weighted by Gasteiger charge is -2.11. The van der Waals surface area contributed by atoms with Crippen LogP contribution in [0.4, 0.5) is 10.1 Å². The second-order valence-electron chi connectivity index (χ2n) is 4.36. The van der Waals surface area contributed by atoms with Gasteiger partial charge in [-0.1, -0.05) is 29.8 Å². The molecule has 0 amide bonds. The fraction of sp³-hybridized carbons (Fsp3) is 0.0714. The van der Waals surface area contributed by atoms with Gasteiger partial charge in [0.2, 0.25) is 0 Å². The summed E-state index contributed by atoms with van der Waals surface area (Å²) < 4.78 is 15.3. The van der Waals surface area contributed by atoms with Crippen molar-refractivity contribution in [3.63, 3.8) is 0 Å². The zero-order chi connectivity index (χ0) is 14.7. The summed E-state index contributed by atoms with van der Waals surface area (Å²) in [5.74, 6) is -0.338. The van der Waals surface area contributed by atoms with Crippen molar-refractivity contribution in [1.29, 1.82) is 0 Å². The third-order valence-electron chi connectivity index (χ3n) is 2.98. The van der Waals surface area contributed by atoms with Gasteiger partial charge in [0.15, 0.2) is 0 Å². The largest absolute Gasteiger partial charge is 0.379 e. The Morgan fingerprint density at radius 3 is 2.81 bits per heavy atom. The van der Waals surface area contributed by atoms with Crippen LogP contribution in [0.3, 0.4) is 0 Å². The van der Waals surface area contributed by atoms with Gasteiger partial charge in [-0.2, -0.15) is 4.68 Å². The van der Waals surface area contributed by atoms with Crippen molar-refractivity contribution < 1.29 is 4.39 Å². The Bertz CT molecular complexity index is 745. The first kappa shape index (κ1) is 13.5. The molecule has 7 heteroatoms. The lowest BCUT2D eigenvalue weighted by atomic mass is 10.2. The number of anilines is 1. The Labute approximate surface area is 125 Å². The predicted molar refractivity (Wildman–Crippen MR) is 77.9 cm³/mol. The van der Waals surface area contributed by atoms with Gasteiger partial charge in [-0.25, -0.2) is 4.39 Å². The molecule has 3 aromatic rings. The first-order chi connectivity index (χ1) is 10.2. The molecule has 0 spiro atoms. The molecule has 3 rings (SSSR count). The summed E-state index contributed by atoms with van der Waals surface area (Å²) in [5, 5.41) is 14.6. The van der Waals surface area contributed by atoms with Crippen LogP contribution in [0.1, 0.15) is 5.56 Å². The van der Waals surface area contributed by atoms with Crippen molar-refractivity contribution in [3.05, 3.63) is 65.2 Å². The van der Waals surface area contributed by atoms with E-state index in [0.717, 1.165) is 11.4 Å². The fourth-order valence-electron chi connectivity index (χ4n) is 1.95. The van der Waals surface area contributed by atoms with Gasteiger partial charge in [-0.3, -0.25) is 0 Å². The summed E-state index contributed by atoms with van der Waals surface area (Å²) >= 11 is 5.74. The van der Waals surface area contributed by atoms with Gasteiger partial charge in [0, 0.05) is 17.1 Å². The minimum absolute atomic E-state index is 0.335. The molecule has 0 aliphatic heterocycles. The van der Waals surface area contributed by atoms with Crippen molar-refractivity contribution in [2.24, 2.45) is 0 Å². The Hall–Kier alpha value is -2.47. The van der Waals surface area contributed by atoms with E-state index in [0.29, 0.717) is 17.1 Å². The average Bonchev–Trinajstić information content (AvgIpc) is 3.01. The number of hydrogen-bond acceptors (Lipinski definition) is 4. The molecule has 0 unspecified atom stereocenters. The van der Waals surface area contributed by atoms with Crippen LogP contribution >= 0.6 is 11.6 Å². The maximum Gasteiger partial charge on any atom is 0.143 e. The molecule has 1 N–H and O–H groups in total. The van der Waals surface area contributed by atoms with Crippen molar-refractivity contribution in [2.45, 2.75) is 6.54 Å². The molecule has 1 aromatic heterocycles. The minimum Gasteiger partial charge on any atom is -0.379 e. The maximum atomic E-state index is 13.8. The van der Waals surface area contributed by atoms with Crippen LogP contribution in [0, 0.1) is 5.82 Å². The Kier molecular flexibility index (Phi) is 3.79. The van der Waals surface area contributed by atoms with E-state index in [4.69, 9.17) is 11.6 Å². The van der Waals surface area contributed by atoms with Gasteiger partial charge < -0.3 is 5.32 Å². The van der Waals surface area contributed by atoms with Gasteiger partial charge in [0.05, 0.1) is 11.4 Å². The highest BCUT2D eigenvalue weighted by Gasteiger charge is 2.07. The standard InChI is InChI=1S/C14H11ClFN5/c15-11-6-5-10(12(16)7-11)8-17-13-3-1-2-4-14(13)21-9-18-19-20-21/h1-7,9,17H,8H2. The van der Waals surface area contributed by atoms with Gasteiger partial charge in [0.25, 0.3) is 0 Å². The molecule has 0 atom stereocenters. The summed E-state index contributed by atoms with van der Waals surface area (Å²) in [6, 6.07) is 12.1. The van der Waals surface area contributed by atoms with E-state index in [1.54, 1.807) is 16.8 Å². The molecule has 21 heavy (non-hydrogen) atoms. The molecule has 0 saturated heterocycles. The maximum absolute atomic E-state index is 13.8. The van der Waals surface area contributed by atoms with E-state index in [2.05, 4.69) is 20.8 Å². The Morgan fingerprint density at radius 1 is 1.19 bits per heavy atom. The summed E-state index contributed by atoms with van der Waals surface area (Å²) in [6.45, 7) is 0.335. The molecule has 0 aliphatic carbocycles. The molecular formula is C14H11ClFN5. The first-order valence-electron chi connectivity index (χ1n) is 6.24. The number of benzene rings is 2. The van der Waals surface area contributed by atoms with Gasteiger partial charge in [-0.15, -0.1) is 5.10 Å². The fourth-order valence-corrected chi connectivity index (χ4v) is 2.11. The minimum atomic E-state index is -0.338. The van der Waals surface area contributed by atoms with Crippen LogP contribution < -0.4 is 5.32 Å². The molecule has 106 valence electrons. The summed E-state index contributed by atoms with van der Waals surface area (Å²) in [4.78, 5) is 0. The molecule has 0 aliphatic rings. The molecule has 0 saturated carbocycles. The van der Waals surface area contributed by atoms with E-state index in [9.17, 15) is 4.39 Å². The predicted octanol–water partition coefficient (Wildman–Crippen LogP) is 3.07. The number of halogens is 2. The highest BCUT2D eigenvalue weighted by molar-refractivity contribution is 6.30. The quantitative estimate of drug-likeness (QED) is 0.805. The first-order valence-corrected chi connectivity index (χ1v) is 6.62.